The summed E-state index contributed by atoms with van der Waals surface area (Å²) in [5, 5.41) is 7.58. The average molecular weight is 379 g/mol. The first kappa shape index (κ1) is 18.3. The molecule has 3 aromatic rings. The second kappa shape index (κ2) is 7.14. The van der Waals surface area contributed by atoms with E-state index in [1.807, 2.05) is 36.7 Å². The number of H-pyrrole nitrogens is 1. The summed E-state index contributed by atoms with van der Waals surface area (Å²) >= 11 is 0. The molecule has 1 aliphatic heterocycles. The van der Waals surface area contributed by atoms with Gasteiger partial charge in [-0.05, 0) is 44.4 Å². The number of imidazole rings is 1. The van der Waals surface area contributed by atoms with Crippen molar-refractivity contribution in [3.8, 4) is 5.75 Å². The van der Waals surface area contributed by atoms with Gasteiger partial charge in [-0.1, -0.05) is 18.2 Å². The number of aryl methyl sites for hydroxylation is 1. The molecule has 28 heavy (non-hydrogen) atoms. The highest BCUT2D eigenvalue weighted by Gasteiger charge is 2.27. The van der Waals surface area contributed by atoms with E-state index in [0.29, 0.717) is 25.2 Å². The number of rotatable bonds is 4. The molecule has 0 bridgehead atoms. The Labute approximate surface area is 164 Å². The van der Waals surface area contributed by atoms with Crippen LogP contribution >= 0.6 is 0 Å². The van der Waals surface area contributed by atoms with Gasteiger partial charge in [0.1, 0.15) is 17.3 Å². The van der Waals surface area contributed by atoms with Gasteiger partial charge in [-0.2, -0.15) is 5.10 Å². The molecule has 1 amide bonds. The van der Waals surface area contributed by atoms with Gasteiger partial charge in [0.2, 0.25) is 0 Å². The largest absolute Gasteiger partial charge is 0.496 e. The SMILES string of the molecule is COc1ccccc1C1CNC(=O)c2nc(Cn3nc(C)c(C)c3C)[nH]c2C1. The molecule has 146 valence electrons. The molecule has 4 rings (SSSR count). The van der Waals surface area contributed by atoms with Crippen molar-refractivity contribution in [1.29, 1.82) is 0 Å². The van der Waals surface area contributed by atoms with Gasteiger partial charge in [-0.15, -0.1) is 0 Å². The molecule has 0 saturated heterocycles. The van der Waals surface area contributed by atoms with Crippen molar-refractivity contribution in [3.05, 3.63) is 64.0 Å². The summed E-state index contributed by atoms with van der Waals surface area (Å²) in [6, 6.07) is 7.95. The molecule has 1 unspecified atom stereocenters. The van der Waals surface area contributed by atoms with Gasteiger partial charge >= 0.3 is 0 Å². The molecular formula is C21H25N5O2. The third-order valence-electron chi connectivity index (χ3n) is 5.62. The van der Waals surface area contributed by atoms with Crippen LogP contribution in [0.25, 0.3) is 0 Å². The smallest absolute Gasteiger partial charge is 0.271 e. The third-order valence-corrected chi connectivity index (χ3v) is 5.62. The molecule has 1 aromatic carbocycles. The maximum atomic E-state index is 12.6. The average Bonchev–Trinajstić information content (AvgIpc) is 3.15. The number of amides is 1. The zero-order chi connectivity index (χ0) is 19.8. The highest BCUT2D eigenvalue weighted by molar-refractivity contribution is 5.94. The molecule has 0 aliphatic carbocycles. The second-order valence-corrected chi connectivity index (χ2v) is 7.32. The Bertz CT molecular complexity index is 1030. The van der Waals surface area contributed by atoms with Gasteiger partial charge in [0, 0.05) is 23.9 Å². The zero-order valence-electron chi connectivity index (χ0n) is 16.7. The third kappa shape index (κ3) is 3.17. The van der Waals surface area contributed by atoms with Crippen molar-refractivity contribution < 1.29 is 9.53 Å². The van der Waals surface area contributed by atoms with Crippen molar-refractivity contribution in [2.24, 2.45) is 0 Å². The second-order valence-electron chi connectivity index (χ2n) is 7.32. The van der Waals surface area contributed by atoms with E-state index in [9.17, 15) is 4.79 Å². The number of hydrogen-bond acceptors (Lipinski definition) is 4. The number of carbonyl (C=O) groups excluding carboxylic acids is 1. The highest BCUT2D eigenvalue weighted by Crippen LogP contribution is 2.30. The molecule has 2 N–H and O–H groups in total. The van der Waals surface area contributed by atoms with Crippen LogP contribution < -0.4 is 10.1 Å². The number of benzene rings is 1. The molecule has 0 spiro atoms. The lowest BCUT2D eigenvalue weighted by molar-refractivity contribution is 0.0950. The number of nitrogens with one attached hydrogen (secondary N) is 2. The van der Waals surface area contributed by atoms with Crippen molar-refractivity contribution >= 4 is 5.91 Å². The summed E-state index contributed by atoms with van der Waals surface area (Å²) < 4.78 is 7.44. The van der Waals surface area contributed by atoms with Crippen LogP contribution in [0.4, 0.5) is 0 Å². The quantitative estimate of drug-likeness (QED) is 0.730. The summed E-state index contributed by atoms with van der Waals surface area (Å²) in [5.74, 6) is 1.56. The Hall–Kier alpha value is -3.09. The molecule has 7 nitrogen and oxygen atoms in total. The molecule has 7 heteroatoms. The van der Waals surface area contributed by atoms with E-state index in [2.05, 4.69) is 33.4 Å². The molecule has 2 aromatic heterocycles. The van der Waals surface area contributed by atoms with Gasteiger partial charge in [-0.25, -0.2) is 4.98 Å². The Morgan fingerprint density at radius 2 is 2.04 bits per heavy atom. The number of para-hydroxylation sites is 1. The Morgan fingerprint density at radius 3 is 2.75 bits per heavy atom. The topological polar surface area (TPSA) is 84.8 Å². The fourth-order valence-electron chi connectivity index (χ4n) is 3.80. The number of ether oxygens (including phenoxy) is 1. The molecular weight excluding hydrogens is 354 g/mol. The van der Waals surface area contributed by atoms with E-state index in [1.165, 1.54) is 5.56 Å². The number of hydrogen-bond donors (Lipinski definition) is 2. The standard InChI is InChI=1S/C21H25N5O2/c1-12-13(2)25-26(14(12)3)11-19-23-17-9-15(10-22-21(27)20(17)24-19)16-7-5-6-8-18(16)28-4/h5-8,15H,9-11H2,1-4H3,(H,22,27)(H,23,24). The number of nitrogens with zero attached hydrogens (tertiary/aromatic N) is 3. The highest BCUT2D eigenvalue weighted by atomic mass is 16.5. The Kier molecular flexibility index (Phi) is 4.66. The summed E-state index contributed by atoms with van der Waals surface area (Å²) in [4.78, 5) is 20.5. The lowest BCUT2D eigenvalue weighted by Gasteiger charge is -2.17. The van der Waals surface area contributed by atoms with Gasteiger partial charge < -0.3 is 15.0 Å². The van der Waals surface area contributed by atoms with E-state index in [-0.39, 0.29) is 11.8 Å². The van der Waals surface area contributed by atoms with Crippen molar-refractivity contribution in [1.82, 2.24) is 25.1 Å². The molecule has 0 radical (unpaired) electrons. The minimum atomic E-state index is -0.139. The number of aromatic nitrogens is 4. The minimum absolute atomic E-state index is 0.116. The molecule has 0 fully saturated rings. The van der Waals surface area contributed by atoms with E-state index < -0.39 is 0 Å². The summed E-state index contributed by atoms with van der Waals surface area (Å²) in [5.41, 5.74) is 5.73. The van der Waals surface area contributed by atoms with Crippen LogP contribution in [0.2, 0.25) is 0 Å². The Balaban J connectivity index is 1.64. The van der Waals surface area contributed by atoms with Crippen molar-refractivity contribution in [2.45, 2.75) is 39.7 Å². The van der Waals surface area contributed by atoms with Gasteiger partial charge in [0.15, 0.2) is 0 Å². The maximum absolute atomic E-state index is 12.6. The van der Waals surface area contributed by atoms with Crippen LogP contribution in [0.15, 0.2) is 24.3 Å². The first-order chi connectivity index (χ1) is 13.5. The van der Waals surface area contributed by atoms with E-state index in [1.54, 1.807) is 7.11 Å². The lowest BCUT2D eigenvalue weighted by Crippen LogP contribution is -2.26. The molecule has 3 heterocycles. The van der Waals surface area contributed by atoms with Crippen LogP contribution in [0.3, 0.4) is 0 Å². The lowest BCUT2D eigenvalue weighted by atomic mass is 9.93. The number of fused-ring (bicyclic) bond motifs is 1. The van der Waals surface area contributed by atoms with Gasteiger partial charge in [-0.3, -0.25) is 9.48 Å². The minimum Gasteiger partial charge on any atom is -0.496 e. The normalized spacial score (nSPS) is 16.4. The monoisotopic (exact) mass is 379 g/mol. The van der Waals surface area contributed by atoms with Gasteiger partial charge in [0.25, 0.3) is 5.91 Å². The van der Waals surface area contributed by atoms with Crippen LogP contribution in [-0.2, 0) is 13.0 Å². The summed E-state index contributed by atoms with van der Waals surface area (Å²) in [6.07, 6.45) is 0.692. The van der Waals surface area contributed by atoms with Crippen molar-refractivity contribution in [3.63, 3.8) is 0 Å². The van der Waals surface area contributed by atoms with Gasteiger partial charge in [0.05, 0.1) is 19.3 Å². The Morgan fingerprint density at radius 1 is 1.25 bits per heavy atom. The summed E-state index contributed by atoms with van der Waals surface area (Å²) in [6.45, 7) is 7.18. The van der Waals surface area contributed by atoms with Crippen LogP contribution in [0.1, 0.15) is 50.4 Å². The van der Waals surface area contributed by atoms with Crippen LogP contribution in [0, 0.1) is 20.8 Å². The van der Waals surface area contributed by atoms with Crippen LogP contribution in [0.5, 0.6) is 5.75 Å². The number of aromatic amines is 1. The summed E-state index contributed by atoms with van der Waals surface area (Å²) in [7, 11) is 1.67. The zero-order valence-corrected chi connectivity index (χ0v) is 16.7. The van der Waals surface area contributed by atoms with E-state index in [4.69, 9.17) is 4.74 Å². The first-order valence-corrected chi connectivity index (χ1v) is 9.47. The predicted octanol–water partition coefficient (Wildman–Crippen LogP) is 2.66. The first-order valence-electron chi connectivity index (χ1n) is 9.47. The van der Waals surface area contributed by atoms with E-state index >= 15 is 0 Å². The van der Waals surface area contributed by atoms with Crippen molar-refractivity contribution in [2.75, 3.05) is 13.7 Å². The van der Waals surface area contributed by atoms with Crippen LogP contribution in [-0.4, -0.2) is 39.3 Å². The number of carbonyl (C=O) groups is 1. The molecule has 1 atom stereocenters. The fraction of sp³-hybridized carbons (Fsp3) is 0.381. The number of methoxy groups -OCH3 is 1. The van der Waals surface area contributed by atoms with E-state index in [0.717, 1.165) is 34.2 Å². The molecule has 0 saturated carbocycles. The maximum Gasteiger partial charge on any atom is 0.271 e. The molecule has 1 aliphatic rings. The fourth-order valence-corrected chi connectivity index (χ4v) is 3.80. The predicted molar refractivity (Wildman–Crippen MR) is 106 cm³/mol.